The largest absolute Gasteiger partial charge is 0.471 e. The summed E-state index contributed by atoms with van der Waals surface area (Å²) in [4.78, 5) is 31.7. The van der Waals surface area contributed by atoms with Crippen LogP contribution in [0.2, 0.25) is 0 Å². The average molecular weight is 513 g/mol. The van der Waals surface area contributed by atoms with Gasteiger partial charge in [-0.05, 0) is 18.6 Å². The van der Waals surface area contributed by atoms with Crippen LogP contribution in [-0.2, 0) is 25.5 Å². The minimum Gasteiger partial charge on any atom is -0.471 e. The molecule has 1 aromatic carbocycles. The predicted octanol–water partition coefficient (Wildman–Crippen LogP) is -0.210. The van der Waals surface area contributed by atoms with Crippen LogP contribution in [0.15, 0.2) is 53.6 Å². The van der Waals surface area contributed by atoms with Crippen LogP contribution in [0.1, 0.15) is 23.7 Å². The summed E-state index contributed by atoms with van der Waals surface area (Å²) in [6.45, 7) is 3.51. The number of hydrogen-bond donors (Lipinski definition) is 5. The van der Waals surface area contributed by atoms with Crippen molar-refractivity contribution in [2.45, 2.75) is 56.0 Å². The summed E-state index contributed by atoms with van der Waals surface area (Å²) in [5.41, 5.74) is 2.33. The number of aliphatic hydroxyl groups is 4. The van der Waals surface area contributed by atoms with Gasteiger partial charge in [-0.1, -0.05) is 18.2 Å². The lowest BCUT2D eigenvalue weighted by Crippen LogP contribution is -2.60. The van der Waals surface area contributed by atoms with Crippen molar-refractivity contribution in [1.82, 2.24) is 9.88 Å². The molecule has 1 aromatic heterocycles. The number of carbonyl (C=O) groups excluding carboxylic acids is 1. The normalized spacial score (nSPS) is 36.9. The van der Waals surface area contributed by atoms with Gasteiger partial charge in [-0.2, -0.15) is 0 Å². The van der Waals surface area contributed by atoms with Crippen LogP contribution >= 0.6 is 0 Å². The SMILES string of the molecule is C=CC1C(OC2O[C@@H](CO)[C@H](O)[C@@H](O)[C@@H]2O)OC=C2C(=O)N3Cc4c([nH]c5ccccc5c4=O)C3CC21. The maximum Gasteiger partial charge on any atom is 0.254 e. The number of carbonyl (C=O) groups is 1. The Morgan fingerprint density at radius 3 is 2.68 bits per heavy atom. The number of ether oxygens (including phenoxy) is 3. The van der Waals surface area contributed by atoms with E-state index >= 15 is 0 Å². The fourth-order valence-electron chi connectivity index (χ4n) is 5.96. The molecule has 4 aliphatic rings. The molecule has 5 N–H and O–H groups in total. The van der Waals surface area contributed by atoms with Gasteiger partial charge in [-0.25, -0.2) is 0 Å². The predicted molar refractivity (Wildman–Crippen MR) is 127 cm³/mol. The van der Waals surface area contributed by atoms with E-state index in [1.165, 1.54) is 6.26 Å². The van der Waals surface area contributed by atoms with E-state index < -0.39 is 49.5 Å². The minimum atomic E-state index is -1.60. The Kier molecular flexibility index (Phi) is 5.94. The number of amides is 1. The number of rotatable bonds is 4. The third-order valence-electron chi connectivity index (χ3n) is 7.96. The number of piperidine rings is 1. The Morgan fingerprint density at radius 1 is 1.14 bits per heavy atom. The maximum absolute atomic E-state index is 13.5. The van der Waals surface area contributed by atoms with E-state index in [0.717, 1.165) is 5.69 Å². The van der Waals surface area contributed by atoms with Gasteiger partial charge in [0.1, 0.15) is 24.4 Å². The third kappa shape index (κ3) is 3.65. The van der Waals surface area contributed by atoms with Crippen LogP contribution in [-0.4, -0.2) is 79.8 Å². The number of benzene rings is 1. The van der Waals surface area contributed by atoms with Gasteiger partial charge in [0.15, 0.2) is 11.7 Å². The molecule has 37 heavy (non-hydrogen) atoms. The summed E-state index contributed by atoms with van der Waals surface area (Å²) < 4.78 is 17.1. The van der Waals surface area contributed by atoms with Gasteiger partial charge in [0.05, 0.1) is 31.0 Å². The number of fused-ring (bicyclic) bond motifs is 5. The van der Waals surface area contributed by atoms with E-state index in [1.807, 2.05) is 12.1 Å². The molecule has 5 unspecified atom stereocenters. The van der Waals surface area contributed by atoms with E-state index in [1.54, 1.807) is 23.1 Å². The monoisotopic (exact) mass is 512 g/mol. The molecule has 0 radical (unpaired) electrons. The van der Waals surface area contributed by atoms with Crippen molar-refractivity contribution < 1.29 is 39.4 Å². The van der Waals surface area contributed by atoms with Crippen LogP contribution in [0.4, 0.5) is 0 Å². The lowest BCUT2D eigenvalue weighted by atomic mass is 9.76. The summed E-state index contributed by atoms with van der Waals surface area (Å²) in [5, 5.41) is 40.6. The van der Waals surface area contributed by atoms with Crippen molar-refractivity contribution in [3.8, 4) is 0 Å². The van der Waals surface area contributed by atoms with Crippen molar-refractivity contribution in [1.29, 1.82) is 0 Å². The first-order valence-corrected chi connectivity index (χ1v) is 12.2. The first kappa shape index (κ1) is 24.3. The number of H-pyrrole nitrogens is 1. The van der Waals surface area contributed by atoms with Crippen molar-refractivity contribution in [2.24, 2.45) is 11.8 Å². The zero-order chi connectivity index (χ0) is 26.0. The molecule has 196 valence electrons. The lowest BCUT2D eigenvalue weighted by molar-refractivity contribution is -0.339. The van der Waals surface area contributed by atoms with Crippen molar-refractivity contribution in [2.75, 3.05) is 6.61 Å². The smallest absolute Gasteiger partial charge is 0.254 e. The molecule has 0 aliphatic carbocycles. The number of nitrogens with one attached hydrogen (secondary N) is 1. The first-order chi connectivity index (χ1) is 17.8. The van der Waals surface area contributed by atoms with Crippen molar-refractivity contribution in [3.05, 3.63) is 70.2 Å². The first-order valence-electron chi connectivity index (χ1n) is 12.2. The maximum atomic E-state index is 13.5. The second kappa shape index (κ2) is 9.05. The molecule has 1 amide bonds. The van der Waals surface area contributed by atoms with E-state index in [2.05, 4.69) is 11.6 Å². The number of hydrogen-bond acceptors (Lipinski definition) is 9. The Labute approximate surface area is 211 Å². The Morgan fingerprint density at radius 2 is 1.92 bits per heavy atom. The average Bonchev–Trinajstić information content (AvgIpc) is 3.28. The van der Waals surface area contributed by atoms with Crippen LogP contribution in [0.5, 0.6) is 0 Å². The van der Waals surface area contributed by atoms with E-state index in [4.69, 9.17) is 14.2 Å². The van der Waals surface area contributed by atoms with Crippen molar-refractivity contribution >= 4 is 16.8 Å². The van der Waals surface area contributed by atoms with Crippen LogP contribution < -0.4 is 5.43 Å². The molecule has 2 aromatic rings. The molecule has 0 bridgehead atoms. The summed E-state index contributed by atoms with van der Waals surface area (Å²) in [7, 11) is 0. The molecule has 6 rings (SSSR count). The van der Waals surface area contributed by atoms with Crippen LogP contribution in [0, 0.1) is 11.8 Å². The fourth-order valence-corrected chi connectivity index (χ4v) is 5.96. The molecule has 11 nitrogen and oxygen atoms in total. The molecular weight excluding hydrogens is 484 g/mol. The molecule has 0 spiro atoms. The molecule has 4 aliphatic heterocycles. The Balaban J connectivity index is 1.30. The van der Waals surface area contributed by atoms with Gasteiger partial charge < -0.3 is 44.5 Å². The standard InChI is InChI=1S/C26H28N2O9/c1-2-11-13-7-17-19-14(20(30)12-5-3-4-6-16(12)27-19)8-28(17)24(34)15(13)10-35-25(11)37-26-23(33)22(32)21(31)18(9-29)36-26/h2-6,10-11,13,17-18,21-23,25-26,29,31-33H,1,7-9H2,(H,27,30)/t11?,13?,17?,18-,21-,22+,23-,25?,26?/m0/s1. The van der Waals surface area contributed by atoms with E-state index in [0.29, 0.717) is 28.5 Å². The molecule has 9 atom stereocenters. The van der Waals surface area contributed by atoms with Gasteiger partial charge in [-0.3, -0.25) is 9.59 Å². The summed E-state index contributed by atoms with van der Waals surface area (Å²) >= 11 is 0. The summed E-state index contributed by atoms with van der Waals surface area (Å²) in [5.74, 6) is -1.14. The number of nitrogens with zero attached hydrogens (tertiary/aromatic N) is 1. The molecule has 2 fully saturated rings. The zero-order valence-electron chi connectivity index (χ0n) is 19.8. The topological polar surface area (TPSA) is 162 Å². The second-order valence-electron chi connectivity index (χ2n) is 9.91. The lowest BCUT2D eigenvalue weighted by Gasteiger charge is -2.45. The molecule has 11 heteroatoms. The minimum absolute atomic E-state index is 0.0937. The Hall–Kier alpha value is -3.06. The van der Waals surface area contributed by atoms with Gasteiger partial charge in [-0.15, -0.1) is 6.58 Å². The highest BCUT2D eigenvalue weighted by atomic mass is 16.8. The van der Waals surface area contributed by atoms with Gasteiger partial charge in [0.2, 0.25) is 6.29 Å². The number of pyridine rings is 1. The van der Waals surface area contributed by atoms with Crippen LogP contribution in [0.25, 0.3) is 10.9 Å². The second-order valence-corrected chi connectivity index (χ2v) is 9.91. The Bertz CT molecular complexity index is 1340. The zero-order valence-corrected chi connectivity index (χ0v) is 19.8. The van der Waals surface area contributed by atoms with Crippen molar-refractivity contribution in [3.63, 3.8) is 0 Å². The molecule has 0 saturated carbocycles. The molecule has 5 heterocycles. The van der Waals surface area contributed by atoms with Crippen LogP contribution in [0.3, 0.4) is 0 Å². The van der Waals surface area contributed by atoms with Gasteiger partial charge in [0.25, 0.3) is 5.91 Å². The number of aromatic nitrogens is 1. The van der Waals surface area contributed by atoms with Gasteiger partial charge >= 0.3 is 0 Å². The number of para-hydroxylation sites is 1. The highest BCUT2D eigenvalue weighted by Crippen LogP contribution is 2.48. The van der Waals surface area contributed by atoms with E-state index in [-0.39, 0.29) is 29.8 Å². The summed E-state index contributed by atoms with van der Waals surface area (Å²) in [6, 6.07) is 6.89. The number of aromatic amines is 1. The highest BCUT2D eigenvalue weighted by Gasteiger charge is 2.51. The van der Waals surface area contributed by atoms with E-state index in [9.17, 15) is 30.0 Å². The third-order valence-corrected chi connectivity index (χ3v) is 7.96. The number of aliphatic hydroxyl groups excluding tert-OH is 4. The quantitative estimate of drug-likeness (QED) is 0.349. The molecular formula is C26H28N2O9. The van der Waals surface area contributed by atoms with Gasteiger partial charge in [0, 0.05) is 34.0 Å². The highest BCUT2D eigenvalue weighted by molar-refractivity contribution is 5.96. The summed E-state index contributed by atoms with van der Waals surface area (Å²) in [6.07, 6.45) is -4.85. The fraction of sp³-hybridized carbons (Fsp3) is 0.462. The molecule has 2 saturated heterocycles.